The molecule has 0 amide bonds. The zero-order valence-corrected chi connectivity index (χ0v) is 21.5. The molecule has 12 heteroatoms. The molecule has 0 aliphatic carbocycles. The van der Waals surface area contributed by atoms with Gasteiger partial charge in [0.15, 0.2) is 0 Å². The summed E-state index contributed by atoms with van der Waals surface area (Å²) in [7, 11) is 0. The summed E-state index contributed by atoms with van der Waals surface area (Å²) >= 11 is 0. The van der Waals surface area contributed by atoms with Gasteiger partial charge in [-0.05, 0) is 11.1 Å². The Bertz CT molecular complexity index is 1870. The summed E-state index contributed by atoms with van der Waals surface area (Å²) in [6.07, 6.45) is 0. The van der Waals surface area contributed by atoms with E-state index < -0.39 is 21.7 Å². The Hall–Kier alpha value is -6.40. The average molecular weight is 559 g/mol. The van der Waals surface area contributed by atoms with E-state index in [2.05, 4.69) is 12.1 Å². The average Bonchev–Trinajstić information content (AvgIpc) is 2.99. The van der Waals surface area contributed by atoms with Crippen LogP contribution in [0.4, 0.5) is 11.4 Å². The Balaban J connectivity index is 1.57. The number of nitrogens with two attached hydrogens (primary N) is 2. The van der Waals surface area contributed by atoms with Gasteiger partial charge in [-0.25, -0.2) is 0 Å². The van der Waals surface area contributed by atoms with Gasteiger partial charge in [-0.3, -0.25) is 20.2 Å². The molecule has 42 heavy (non-hydrogen) atoms. The van der Waals surface area contributed by atoms with Crippen LogP contribution in [0.5, 0.6) is 11.5 Å². The summed E-state index contributed by atoms with van der Waals surface area (Å²) in [6.45, 7) is 0. The van der Waals surface area contributed by atoms with Crippen LogP contribution in [0.3, 0.4) is 0 Å². The van der Waals surface area contributed by atoms with Crippen LogP contribution in [0.2, 0.25) is 0 Å². The molecule has 2 aliphatic heterocycles. The molecule has 0 aromatic heterocycles. The smallest absolute Gasteiger partial charge is 0.269 e. The standard InChI is InChI=1S/C30H18N6O6/c31-13-23-25(15-3-1-5-17(11-15)35(37)38)21-9-7-20-19(27(21)41-29(23)33)8-10-22-26(24(14-32)30(34)42-28(20)22)16-4-2-6-18(12-16)36(39)40/h1-12,25-26H,33-34H2. The van der Waals surface area contributed by atoms with E-state index in [1.165, 1.54) is 36.4 Å². The van der Waals surface area contributed by atoms with Gasteiger partial charge in [0.25, 0.3) is 11.4 Å². The number of non-ortho nitro benzene ring substituents is 2. The number of hydrogen-bond acceptors (Lipinski definition) is 10. The lowest BCUT2D eigenvalue weighted by Crippen LogP contribution is -2.22. The van der Waals surface area contributed by atoms with E-state index in [9.17, 15) is 30.8 Å². The minimum atomic E-state index is -0.743. The van der Waals surface area contributed by atoms with Crippen LogP contribution in [0.25, 0.3) is 10.8 Å². The van der Waals surface area contributed by atoms with E-state index in [4.69, 9.17) is 20.9 Å². The number of nitro benzene ring substituents is 2. The molecule has 2 heterocycles. The van der Waals surface area contributed by atoms with Crippen LogP contribution >= 0.6 is 0 Å². The van der Waals surface area contributed by atoms with Crippen LogP contribution in [0.15, 0.2) is 95.7 Å². The molecule has 2 aliphatic rings. The van der Waals surface area contributed by atoms with Crippen molar-refractivity contribution < 1.29 is 19.3 Å². The summed E-state index contributed by atoms with van der Waals surface area (Å²) in [5.41, 5.74) is 14.4. The van der Waals surface area contributed by atoms with Gasteiger partial charge < -0.3 is 20.9 Å². The molecule has 0 spiro atoms. The normalized spacial score (nSPS) is 17.3. The largest absolute Gasteiger partial charge is 0.440 e. The van der Waals surface area contributed by atoms with Gasteiger partial charge in [0, 0.05) is 46.2 Å². The van der Waals surface area contributed by atoms with Crippen molar-refractivity contribution in [1.82, 2.24) is 0 Å². The Morgan fingerprint density at radius 2 is 1.07 bits per heavy atom. The molecule has 4 aromatic carbocycles. The van der Waals surface area contributed by atoms with Gasteiger partial charge in [0.1, 0.15) is 34.8 Å². The minimum Gasteiger partial charge on any atom is -0.440 e. The summed E-state index contributed by atoms with van der Waals surface area (Å²) < 4.78 is 11.9. The molecular weight excluding hydrogens is 540 g/mol. The van der Waals surface area contributed by atoms with Crippen molar-refractivity contribution in [3.63, 3.8) is 0 Å². The molecule has 6 rings (SSSR count). The van der Waals surface area contributed by atoms with E-state index >= 15 is 0 Å². The molecule has 2 unspecified atom stereocenters. The Morgan fingerprint density at radius 3 is 1.43 bits per heavy atom. The van der Waals surface area contributed by atoms with Crippen molar-refractivity contribution in [2.45, 2.75) is 11.8 Å². The first-order chi connectivity index (χ1) is 20.2. The molecule has 12 nitrogen and oxygen atoms in total. The molecule has 2 atom stereocenters. The first-order valence-electron chi connectivity index (χ1n) is 12.5. The molecule has 4 N–H and O–H groups in total. The highest BCUT2D eigenvalue weighted by atomic mass is 16.6. The quantitative estimate of drug-likeness (QED) is 0.250. The predicted octanol–water partition coefficient (Wildman–Crippen LogP) is 5.09. The molecule has 204 valence electrons. The fourth-order valence-corrected chi connectivity index (χ4v) is 5.56. The monoisotopic (exact) mass is 558 g/mol. The van der Waals surface area contributed by atoms with Crippen molar-refractivity contribution >= 4 is 22.1 Å². The summed E-state index contributed by atoms with van der Waals surface area (Å²) in [4.78, 5) is 21.9. The number of nitrogens with zero attached hydrogens (tertiary/aromatic N) is 4. The number of benzene rings is 4. The van der Waals surface area contributed by atoms with Gasteiger partial charge >= 0.3 is 0 Å². The van der Waals surface area contributed by atoms with Crippen molar-refractivity contribution in [2.75, 3.05) is 0 Å². The van der Waals surface area contributed by atoms with Gasteiger partial charge in [-0.2, -0.15) is 10.5 Å². The summed E-state index contributed by atoms with van der Waals surface area (Å²) in [5, 5.41) is 43.9. The first kappa shape index (κ1) is 25.9. The molecule has 0 fully saturated rings. The summed E-state index contributed by atoms with van der Waals surface area (Å²) in [5.74, 6) is -1.12. The summed E-state index contributed by atoms with van der Waals surface area (Å²) in [6, 6.07) is 23.0. The van der Waals surface area contributed by atoms with E-state index in [0.717, 1.165) is 0 Å². The van der Waals surface area contributed by atoms with Crippen LogP contribution in [0.1, 0.15) is 34.1 Å². The maximum Gasteiger partial charge on any atom is 0.269 e. The Morgan fingerprint density at radius 1 is 0.667 bits per heavy atom. The second-order valence-electron chi connectivity index (χ2n) is 9.62. The SMILES string of the molecule is N#CC1=C(N)Oc2c(ccc3c4c(ccc23)C(c2cccc([N+](=O)[O-])c2)C(C#N)=C(N)O4)C1c1cccc([N+](=O)[O-])c1. The van der Waals surface area contributed by atoms with Crippen LogP contribution in [0, 0.1) is 42.9 Å². The second kappa shape index (κ2) is 9.66. The fourth-order valence-electron chi connectivity index (χ4n) is 5.56. The van der Waals surface area contributed by atoms with E-state index in [1.807, 2.05) is 0 Å². The number of ether oxygens (including phenoxy) is 2. The van der Waals surface area contributed by atoms with E-state index in [-0.39, 0.29) is 34.3 Å². The van der Waals surface area contributed by atoms with E-state index in [0.29, 0.717) is 44.5 Å². The van der Waals surface area contributed by atoms with Gasteiger partial charge in [0.2, 0.25) is 11.8 Å². The number of nitro groups is 2. The van der Waals surface area contributed by atoms with Crippen LogP contribution in [-0.4, -0.2) is 9.85 Å². The molecule has 0 saturated heterocycles. The lowest BCUT2D eigenvalue weighted by Gasteiger charge is -2.30. The zero-order valence-electron chi connectivity index (χ0n) is 21.5. The number of nitriles is 2. The van der Waals surface area contributed by atoms with Crippen molar-refractivity contribution in [3.05, 3.63) is 138 Å². The molecule has 4 aromatic rings. The zero-order chi connectivity index (χ0) is 29.7. The van der Waals surface area contributed by atoms with Crippen LogP contribution < -0.4 is 20.9 Å². The third-order valence-electron chi connectivity index (χ3n) is 7.39. The highest BCUT2D eigenvalue weighted by Crippen LogP contribution is 2.51. The minimum absolute atomic E-state index is 0.105. The fraction of sp³-hybridized carbons (Fsp3) is 0.0667. The third kappa shape index (κ3) is 3.91. The van der Waals surface area contributed by atoms with Gasteiger partial charge in [-0.15, -0.1) is 0 Å². The Labute approximate surface area is 237 Å². The first-order valence-corrected chi connectivity index (χ1v) is 12.5. The van der Waals surface area contributed by atoms with Gasteiger partial charge in [-0.1, -0.05) is 48.5 Å². The van der Waals surface area contributed by atoms with Crippen LogP contribution in [-0.2, 0) is 0 Å². The molecule has 0 radical (unpaired) electrons. The second-order valence-corrected chi connectivity index (χ2v) is 9.62. The molecule has 0 saturated carbocycles. The van der Waals surface area contributed by atoms with Crippen molar-refractivity contribution in [3.8, 4) is 23.6 Å². The maximum absolute atomic E-state index is 11.5. The number of allylic oxidation sites excluding steroid dienone is 2. The third-order valence-corrected chi connectivity index (χ3v) is 7.39. The predicted molar refractivity (Wildman–Crippen MR) is 149 cm³/mol. The van der Waals surface area contributed by atoms with E-state index in [1.54, 1.807) is 36.4 Å². The number of rotatable bonds is 4. The topological polar surface area (TPSA) is 204 Å². The van der Waals surface area contributed by atoms with Crippen molar-refractivity contribution in [2.24, 2.45) is 11.5 Å². The Kier molecular flexibility index (Phi) is 5.94. The highest BCUT2D eigenvalue weighted by molar-refractivity contribution is 5.97. The number of fused-ring (bicyclic) bond motifs is 5. The molecule has 0 bridgehead atoms. The van der Waals surface area contributed by atoms with Crippen molar-refractivity contribution in [1.29, 1.82) is 10.5 Å². The highest BCUT2D eigenvalue weighted by Gasteiger charge is 2.36. The lowest BCUT2D eigenvalue weighted by atomic mass is 9.80. The molecular formula is C30H18N6O6. The number of hydrogen-bond donors (Lipinski definition) is 2. The lowest BCUT2D eigenvalue weighted by molar-refractivity contribution is -0.385. The van der Waals surface area contributed by atoms with Gasteiger partial charge in [0.05, 0.1) is 21.7 Å². The maximum atomic E-state index is 11.5.